The molecule has 1 saturated heterocycles. The summed E-state index contributed by atoms with van der Waals surface area (Å²) in [6, 6.07) is 5.68. The Bertz CT molecular complexity index is 244. The maximum atomic E-state index is 5.50. The van der Waals surface area contributed by atoms with E-state index in [0.29, 0.717) is 11.8 Å². The highest BCUT2D eigenvalue weighted by Crippen LogP contribution is 2.14. The molecular formula is C10H13NO2. The van der Waals surface area contributed by atoms with E-state index in [1.54, 1.807) is 6.20 Å². The Labute approximate surface area is 77.7 Å². The fourth-order valence-electron chi connectivity index (χ4n) is 1.35. The molecule has 2 heterocycles. The highest BCUT2D eigenvalue weighted by Gasteiger charge is 2.16. The van der Waals surface area contributed by atoms with Crippen molar-refractivity contribution in [1.29, 1.82) is 0 Å². The summed E-state index contributed by atoms with van der Waals surface area (Å²) in [5, 5.41) is 0. The van der Waals surface area contributed by atoms with Gasteiger partial charge in [0.25, 0.3) is 0 Å². The largest absolute Gasteiger partial charge is 0.477 e. The molecule has 13 heavy (non-hydrogen) atoms. The van der Waals surface area contributed by atoms with Crippen LogP contribution in [0.3, 0.4) is 0 Å². The van der Waals surface area contributed by atoms with Crippen molar-refractivity contribution >= 4 is 0 Å². The molecule has 1 aromatic heterocycles. The molecule has 1 atom stereocenters. The minimum absolute atomic E-state index is 0.544. The van der Waals surface area contributed by atoms with Crippen molar-refractivity contribution in [3.05, 3.63) is 24.4 Å². The predicted molar refractivity (Wildman–Crippen MR) is 48.7 cm³/mol. The summed E-state index contributed by atoms with van der Waals surface area (Å²) in [5.41, 5.74) is 0. The van der Waals surface area contributed by atoms with Gasteiger partial charge in [0.1, 0.15) is 0 Å². The van der Waals surface area contributed by atoms with E-state index in [-0.39, 0.29) is 0 Å². The molecule has 0 spiro atoms. The average molecular weight is 179 g/mol. The first-order valence-corrected chi connectivity index (χ1v) is 4.57. The first kappa shape index (κ1) is 8.51. The zero-order valence-corrected chi connectivity index (χ0v) is 7.48. The third-order valence-corrected chi connectivity index (χ3v) is 2.13. The lowest BCUT2D eigenvalue weighted by atomic mass is 10.1. The van der Waals surface area contributed by atoms with Crippen molar-refractivity contribution in [2.75, 3.05) is 19.8 Å². The molecule has 0 saturated carbocycles. The molecule has 1 aliphatic heterocycles. The number of hydrogen-bond acceptors (Lipinski definition) is 3. The van der Waals surface area contributed by atoms with Gasteiger partial charge in [-0.2, -0.15) is 0 Å². The Hall–Kier alpha value is -1.09. The van der Waals surface area contributed by atoms with Crippen LogP contribution in [0.15, 0.2) is 24.4 Å². The standard InChI is InChI=1S/C10H13NO2/c1-2-5-11-10(3-1)13-8-9-4-6-12-7-9/h1-3,5,9H,4,6-8H2. The number of pyridine rings is 1. The van der Waals surface area contributed by atoms with Crippen molar-refractivity contribution in [2.24, 2.45) is 5.92 Å². The van der Waals surface area contributed by atoms with E-state index in [2.05, 4.69) is 4.98 Å². The maximum Gasteiger partial charge on any atom is 0.213 e. The van der Waals surface area contributed by atoms with Crippen molar-refractivity contribution in [1.82, 2.24) is 4.98 Å². The lowest BCUT2D eigenvalue weighted by Crippen LogP contribution is -2.11. The Kier molecular flexibility index (Phi) is 2.77. The first-order chi connectivity index (χ1) is 6.45. The van der Waals surface area contributed by atoms with Crippen LogP contribution in [0, 0.1) is 5.92 Å². The lowest BCUT2D eigenvalue weighted by molar-refractivity contribution is 0.165. The third kappa shape index (κ3) is 2.42. The van der Waals surface area contributed by atoms with Gasteiger partial charge in [-0.15, -0.1) is 0 Å². The minimum atomic E-state index is 0.544. The lowest BCUT2D eigenvalue weighted by Gasteiger charge is -2.08. The summed E-state index contributed by atoms with van der Waals surface area (Å²) >= 11 is 0. The van der Waals surface area contributed by atoms with E-state index in [9.17, 15) is 0 Å². The monoisotopic (exact) mass is 179 g/mol. The van der Waals surface area contributed by atoms with Crippen LogP contribution in [0.2, 0.25) is 0 Å². The van der Waals surface area contributed by atoms with Gasteiger partial charge in [-0.25, -0.2) is 4.98 Å². The number of nitrogens with zero attached hydrogens (tertiary/aromatic N) is 1. The van der Waals surface area contributed by atoms with Gasteiger partial charge < -0.3 is 9.47 Å². The third-order valence-electron chi connectivity index (χ3n) is 2.13. The van der Waals surface area contributed by atoms with Gasteiger partial charge in [0, 0.05) is 24.8 Å². The molecule has 1 unspecified atom stereocenters. The number of rotatable bonds is 3. The Morgan fingerprint density at radius 1 is 1.54 bits per heavy atom. The molecule has 3 nitrogen and oxygen atoms in total. The highest BCUT2D eigenvalue weighted by molar-refractivity contribution is 5.09. The van der Waals surface area contributed by atoms with Crippen molar-refractivity contribution < 1.29 is 9.47 Å². The quantitative estimate of drug-likeness (QED) is 0.704. The molecule has 0 radical (unpaired) electrons. The summed E-state index contributed by atoms with van der Waals surface area (Å²) < 4.78 is 10.7. The Balaban J connectivity index is 1.79. The van der Waals surface area contributed by atoms with Gasteiger partial charge >= 0.3 is 0 Å². The molecule has 1 aliphatic rings. The molecule has 1 aromatic rings. The van der Waals surface area contributed by atoms with Gasteiger partial charge in [-0.05, 0) is 12.5 Å². The van der Waals surface area contributed by atoms with Crippen LogP contribution in [-0.2, 0) is 4.74 Å². The van der Waals surface area contributed by atoms with Crippen LogP contribution in [0.1, 0.15) is 6.42 Å². The molecule has 0 amide bonds. The SMILES string of the molecule is c1ccc(OCC2CCOC2)nc1. The van der Waals surface area contributed by atoms with Crippen LogP contribution in [0.4, 0.5) is 0 Å². The van der Waals surface area contributed by atoms with Crippen LogP contribution in [0.25, 0.3) is 0 Å². The summed E-state index contributed by atoms with van der Waals surface area (Å²) in [5.74, 6) is 1.25. The smallest absolute Gasteiger partial charge is 0.213 e. The fourth-order valence-corrected chi connectivity index (χ4v) is 1.35. The maximum absolute atomic E-state index is 5.50. The van der Waals surface area contributed by atoms with Crippen molar-refractivity contribution in [3.8, 4) is 5.88 Å². The molecule has 70 valence electrons. The summed E-state index contributed by atoms with van der Waals surface area (Å²) in [4.78, 5) is 4.08. The second-order valence-corrected chi connectivity index (χ2v) is 3.21. The normalized spacial score (nSPS) is 21.7. The van der Waals surface area contributed by atoms with Gasteiger partial charge in [0.2, 0.25) is 5.88 Å². The minimum Gasteiger partial charge on any atom is -0.477 e. The number of aromatic nitrogens is 1. The topological polar surface area (TPSA) is 31.4 Å². The Morgan fingerprint density at radius 3 is 3.23 bits per heavy atom. The van der Waals surface area contributed by atoms with Gasteiger partial charge in [-0.3, -0.25) is 0 Å². The number of ether oxygens (including phenoxy) is 2. The molecule has 3 heteroatoms. The van der Waals surface area contributed by atoms with E-state index in [1.165, 1.54) is 0 Å². The molecular weight excluding hydrogens is 166 g/mol. The number of hydrogen-bond donors (Lipinski definition) is 0. The van der Waals surface area contributed by atoms with Gasteiger partial charge in [0.15, 0.2) is 0 Å². The van der Waals surface area contributed by atoms with E-state index in [0.717, 1.165) is 26.2 Å². The second-order valence-electron chi connectivity index (χ2n) is 3.21. The summed E-state index contributed by atoms with van der Waals surface area (Å²) in [6.07, 6.45) is 2.84. The van der Waals surface area contributed by atoms with E-state index in [4.69, 9.17) is 9.47 Å². The zero-order chi connectivity index (χ0) is 8.93. The highest BCUT2D eigenvalue weighted by atomic mass is 16.5. The zero-order valence-electron chi connectivity index (χ0n) is 7.48. The molecule has 0 N–H and O–H groups in total. The Morgan fingerprint density at radius 2 is 2.54 bits per heavy atom. The van der Waals surface area contributed by atoms with E-state index < -0.39 is 0 Å². The van der Waals surface area contributed by atoms with Crippen LogP contribution in [-0.4, -0.2) is 24.8 Å². The van der Waals surface area contributed by atoms with Crippen LogP contribution in [0.5, 0.6) is 5.88 Å². The van der Waals surface area contributed by atoms with Crippen molar-refractivity contribution in [2.45, 2.75) is 6.42 Å². The molecule has 0 aliphatic carbocycles. The molecule has 0 bridgehead atoms. The molecule has 0 aromatic carbocycles. The van der Waals surface area contributed by atoms with Gasteiger partial charge in [0.05, 0.1) is 13.2 Å². The first-order valence-electron chi connectivity index (χ1n) is 4.57. The fraction of sp³-hybridized carbons (Fsp3) is 0.500. The van der Waals surface area contributed by atoms with E-state index in [1.807, 2.05) is 18.2 Å². The second kappa shape index (κ2) is 4.23. The van der Waals surface area contributed by atoms with E-state index >= 15 is 0 Å². The molecule has 2 rings (SSSR count). The van der Waals surface area contributed by atoms with Crippen molar-refractivity contribution in [3.63, 3.8) is 0 Å². The summed E-state index contributed by atoms with van der Waals surface area (Å²) in [6.45, 7) is 2.42. The summed E-state index contributed by atoms with van der Waals surface area (Å²) in [7, 11) is 0. The van der Waals surface area contributed by atoms with Gasteiger partial charge in [-0.1, -0.05) is 6.07 Å². The van der Waals surface area contributed by atoms with Crippen LogP contribution < -0.4 is 4.74 Å². The average Bonchev–Trinajstić information content (AvgIpc) is 2.69. The van der Waals surface area contributed by atoms with Crippen LogP contribution >= 0.6 is 0 Å². The molecule has 1 fully saturated rings. The predicted octanol–water partition coefficient (Wildman–Crippen LogP) is 1.50.